The van der Waals surface area contributed by atoms with E-state index in [1.54, 1.807) is 0 Å². The number of aromatic nitrogens is 1. The fourth-order valence-corrected chi connectivity index (χ4v) is 5.45. The van der Waals surface area contributed by atoms with Gasteiger partial charge in [0.15, 0.2) is 0 Å². The van der Waals surface area contributed by atoms with Crippen molar-refractivity contribution in [2.24, 2.45) is 5.92 Å². The van der Waals surface area contributed by atoms with Gasteiger partial charge in [-0.15, -0.1) is 0 Å². The van der Waals surface area contributed by atoms with E-state index in [0.717, 1.165) is 19.4 Å². The number of carbonyl (C=O) groups is 1. The number of hydrogen-bond donors (Lipinski definition) is 1. The van der Waals surface area contributed by atoms with Crippen LogP contribution < -0.4 is 0 Å². The first-order valence-corrected chi connectivity index (χ1v) is 9.79. The zero-order valence-corrected chi connectivity index (χ0v) is 16.0. The number of aryl methyl sites for hydroxylation is 1. The number of likely N-dealkylation sites (tertiary alicyclic amines) is 1. The van der Waals surface area contributed by atoms with Gasteiger partial charge in [0.25, 0.3) is 0 Å². The number of rotatable bonds is 1. The quantitative estimate of drug-likeness (QED) is 0.857. The maximum atomic E-state index is 13.2. The molecule has 1 aromatic carbocycles. The van der Waals surface area contributed by atoms with Crippen LogP contribution in [0, 0.1) is 12.8 Å². The van der Waals surface area contributed by atoms with Crippen LogP contribution in [0.25, 0.3) is 16.5 Å². The van der Waals surface area contributed by atoms with E-state index in [0.29, 0.717) is 24.0 Å². The third kappa shape index (κ3) is 2.08. The van der Waals surface area contributed by atoms with Gasteiger partial charge in [0, 0.05) is 41.8 Å². The molecule has 3 heterocycles. The van der Waals surface area contributed by atoms with Crippen molar-refractivity contribution < 1.29 is 4.79 Å². The number of amides is 1. The Morgan fingerprint density at radius 2 is 2.00 bits per heavy atom. The minimum atomic E-state index is -0.0340. The van der Waals surface area contributed by atoms with Gasteiger partial charge in [0.2, 0.25) is 5.91 Å². The van der Waals surface area contributed by atoms with Crippen molar-refractivity contribution in [1.29, 1.82) is 0 Å². The van der Waals surface area contributed by atoms with Crippen molar-refractivity contribution in [2.45, 2.75) is 51.7 Å². The molecule has 1 amide bonds. The Balaban J connectivity index is 1.60. The predicted octanol–water partition coefficient (Wildman–Crippen LogP) is 3.36. The first kappa shape index (κ1) is 16.1. The van der Waals surface area contributed by atoms with Crippen LogP contribution in [-0.2, 0) is 11.2 Å². The average Bonchev–Trinajstić information content (AvgIpc) is 3.03. The molecule has 4 atom stereocenters. The van der Waals surface area contributed by atoms with E-state index in [1.165, 1.54) is 33.2 Å². The Morgan fingerprint density at radius 3 is 2.73 bits per heavy atom. The summed E-state index contributed by atoms with van der Waals surface area (Å²) in [6, 6.07) is 5.59. The molecular formula is C22H27N3O. The van der Waals surface area contributed by atoms with Crippen LogP contribution in [0.2, 0.25) is 0 Å². The van der Waals surface area contributed by atoms with Gasteiger partial charge in [-0.25, -0.2) is 0 Å². The fraction of sp³-hybridized carbons (Fsp3) is 0.500. The Morgan fingerprint density at radius 1 is 1.23 bits per heavy atom. The van der Waals surface area contributed by atoms with Crippen molar-refractivity contribution in [3.8, 4) is 0 Å². The molecule has 0 unspecified atom stereocenters. The lowest BCUT2D eigenvalue weighted by atomic mass is 9.79. The molecule has 0 bridgehead atoms. The van der Waals surface area contributed by atoms with Crippen LogP contribution >= 0.6 is 0 Å². The molecule has 4 nitrogen and oxygen atoms in total. The Kier molecular flexibility index (Phi) is 3.39. The fourth-order valence-electron chi connectivity index (χ4n) is 5.45. The number of aromatic amines is 1. The molecule has 1 fully saturated rings. The van der Waals surface area contributed by atoms with Crippen LogP contribution in [-0.4, -0.2) is 52.4 Å². The highest BCUT2D eigenvalue weighted by Gasteiger charge is 2.42. The molecule has 0 spiro atoms. The molecular weight excluding hydrogens is 322 g/mol. The normalized spacial score (nSPS) is 30.8. The molecule has 2 aromatic rings. The first-order valence-electron chi connectivity index (χ1n) is 9.79. The summed E-state index contributed by atoms with van der Waals surface area (Å²) in [5, 5.41) is 1.36. The lowest BCUT2D eigenvalue weighted by Gasteiger charge is -2.48. The van der Waals surface area contributed by atoms with Gasteiger partial charge in [-0.05, 0) is 62.9 Å². The summed E-state index contributed by atoms with van der Waals surface area (Å²) < 4.78 is 0. The van der Waals surface area contributed by atoms with Gasteiger partial charge >= 0.3 is 0 Å². The summed E-state index contributed by atoms with van der Waals surface area (Å²) in [6.45, 7) is 7.30. The highest BCUT2D eigenvalue weighted by Crippen LogP contribution is 2.42. The average molecular weight is 349 g/mol. The minimum absolute atomic E-state index is 0.0340. The number of likely N-dealkylation sites (N-methyl/N-ethyl adjacent to an activating group) is 1. The smallest absolute Gasteiger partial charge is 0.231 e. The standard InChI is InChI=1S/C22H27N3O/c1-12-5-6-17-18-8-16(22(26)25-13(2)7-14(25)3)11-24(4)19(18)9-15-10-23-21(12)20(15)17/h5-6,8,10,13-14,16,19,23H,7,9,11H2,1-4H3/t13-,14-,16+,19+/m0/s1. The van der Waals surface area contributed by atoms with E-state index in [9.17, 15) is 4.79 Å². The molecule has 1 saturated heterocycles. The lowest BCUT2D eigenvalue weighted by Crippen LogP contribution is -2.59. The molecule has 136 valence electrons. The third-order valence-corrected chi connectivity index (χ3v) is 6.81. The molecule has 1 aliphatic carbocycles. The second-order valence-corrected chi connectivity index (χ2v) is 8.56. The summed E-state index contributed by atoms with van der Waals surface area (Å²) in [5.41, 5.74) is 6.59. The molecule has 1 N–H and O–H groups in total. The van der Waals surface area contributed by atoms with Crippen LogP contribution in [0.5, 0.6) is 0 Å². The highest BCUT2D eigenvalue weighted by atomic mass is 16.2. The van der Waals surface area contributed by atoms with Crippen molar-refractivity contribution in [3.63, 3.8) is 0 Å². The Bertz CT molecular complexity index is 932. The highest BCUT2D eigenvalue weighted by molar-refractivity contribution is 6.00. The topological polar surface area (TPSA) is 39.3 Å². The largest absolute Gasteiger partial charge is 0.361 e. The summed E-state index contributed by atoms with van der Waals surface area (Å²) in [5.74, 6) is 0.269. The van der Waals surface area contributed by atoms with Gasteiger partial charge in [0.1, 0.15) is 0 Å². The monoisotopic (exact) mass is 349 g/mol. The number of nitrogens with zero attached hydrogens (tertiary/aromatic N) is 2. The molecule has 0 saturated carbocycles. The van der Waals surface area contributed by atoms with Crippen molar-refractivity contribution >= 4 is 22.4 Å². The number of carbonyl (C=O) groups excluding carboxylic acids is 1. The van der Waals surface area contributed by atoms with Crippen molar-refractivity contribution in [3.05, 3.63) is 41.1 Å². The molecule has 5 rings (SSSR count). The van der Waals surface area contributed by atoms with Crippen molar-refractivity contribution in [2.75, 3.05) is 13.6 Å². The van der Waals surface area contributed by atoms with E-state index in [1.807, 2.05) is 0 Å². The number of nitrogens with one attached hydrogen (secondary N) is 1. The van der Waals surface area contributed by atoms with Crippen molar-refractivity contribution in [1.82, 2.24) is 14.8 Å². The Hall–Kier alpha value is -2.07. The molecule has 0 radical (unpaired) electrons. The molecule has 1 aromatic heterocycles. The van der Waals surface area contributed by atoms with Gasteiger partial charge in [0.05, 0.1) is 5.92 Å². The second-order valence-electron chi connectivity index (χ2n) is 8.56. The summed E-state index contributed by atoms with van der Waals surface area (Å²) in [6.07, 6.45) is 6.60. The summed E-state index contributed by atoms with van der Waals surface area (Å²) in [7, 11) is 2.17. The van der Waals surface area contributed by atoms with Gasteiger partial charge in [-0.1, -0.05) is 18.2 Å². The minimum Gasteiger partial charge on any atom is -0.361 e. The maximum absolute atomic E-state index is 13.2. The number of fused-ring (bicyclic) bond motifs is 2. The number of benzene rings is 1. The van der Waals surface area contributed by atoms with E-state index in [4.69, 9.17) is 0 Å². The Labute approximate surface area is 154 Å². The summed E-state index contributed by atoms with van der Waals surface area (Å²) in [4.78, 5) is 21.1. The first-order chi connectivity index (χ1) is 12.5. The van der Waals surface area contributed by atoms with Crippen LogP contribution in [0.3, 0.4) is 0 Å². The summed E-state index contributed by atoms with van der Waals surface area (Å²) >= 11 is 0. The van der Waals surface area contributed by atoms with E-state index < -0.39 is 0 Å². The molecule has 4 heteroatoms. The molecule has 2 aliphatic heterocycles. The number of H-pyrrole nitrogens is 1. The zero-order valence-electron chi connectivity index (χ0n) is 16.0. The van der Waals surface area contributed by atoms with E-state index in [2.05, 4.69) is 67.0 Å². The lowest BCUT2D eigenvalue weighted by molar-refractivity contribution is -0.146. The predicted molar refractivity (Wildman–Crippen MR) is 105 cm³/mol. The number of hydrogen-bond acceptors (Lipinski definition) is 2. The van der Waals surface area contributed by atoms with E-state index in [-0.39, 0.29) is 5.92 Å². The molecule has 3 aliphatic rings. The zero-order chi connectivity index (χ0) is 18.2. The van der Waals surface area contributed by atoms with Crippen LogP contribution in [0.1, 0.15) is 37.0 Å². The van der Waals surface area contributed by atoms with Gasteiger partial charge in [-0.3, -0.25) is 9.69 Å². The second kappa shape index (κ2) is 5.46. The third-order valence-electron chi connectivity index (χ3n) is 6.81. The van der Waals surface area contributed by atoms with Gasteiger partial charge in [-0.2, -0.15) is 0 Å². The molecule has 26 heavy (non-hydrogen) atoms. The van der Waals surface area contributed by atoms with Crippen LogP contribution in [0.4, 0.5) is 0 Å². The maximum Gasteiger partial charge on any atom is 0.231 e. The SMILES string of the molecule is Cc1ccc2c3c(c[nH]c13)C[C@@H]1C2=C[C@@H](C(=O)N2[C@@H](C)C[C@@H]2C)CN1C. The van der Waals surface area contributed by atoms with Crippen LogP contribution in [0.15, 0.2) is 24.4 Å². The van der Waals surface area contributed by atoms with Gasteiger partial charge < -0.3 is 9.88 Å². The van der Waals surface area contributed by atoms with E-state index >= 15 is 0 Å².